The third kappa shape index (κ3) is 2.88. The number of benzene rings is 1. The van der Waals surface area contributed by atoms with E-state index in [1.807, 2.05) is 23.6 Å². The number of nitrogens with one attached hydrogen (secondary N) is 1. The molecule has 27 heavy (non-hydrogen) atoms. The number of rotatable bonds is 4. The molecule has 1 aliphatic carbocycles. The molecule has 3 heterocycles. The number of thiazole rings is 1. The smallest absolute Gasteiger partial charge is 0.231 e. The summed E-state index contributed by atoms with van der Waals surface area (Å²) in [6.45, 7) is 4.42. The molecule has 0 saturated heterocycles. The second kappa shape index (κ2) is 6.13. The number of aryl methyl sites for hydroxylation is 1. The van der Waals surface area contributed by atoms with Gasteiger partial charge in [0.2, 0.25) is 12.7 Å². The van der Waals surface area contributed by atoms with Crippen molar-refractivity contribution in [3.63, 3.8) is 0 Å². The molecule has 1 saturated carbocycles. The number of fused-ring (bicyclic) bond motifs is 1. The van der Waals surface area contributed by atoms with Gasteiger partial charge in [-0.3, -0.25) is 4.79 Å². The Kier molecular flexibility index (Phi) is 3.72. The Bertz CT molecular complexity index is 1050. The van der Waals surface area contributed by atoms with Crippen molar-refractivity contribution < 1.29 is 14.3 Å². The predicted molar refractivity (Wildman–Crippen MR) is 104 cm³/mol. The number of nitrogens with zero attached hydrogens (tertiary/aromatic N) is 2. The van der Waals surface area contributed by atoms with Crippen molar-refractivity contribution in [1.29, 1.82) is 0 Å². The van der Waals surface area contributed by atoms with Crippen molar-refractivity contribution in [2.24, 2.45) is 5.92 Å². The summed E-state index contributed by atoms with van der Waals surface area (Å²) in [5, 5.41) is 5.58. The first kappa shape index (κ1) is 16.4. The highest BCUT2D eigenvalue weighted by Gasteiger charge is 2.30. The topological polar surface area (TPSA) is 65.4 Å². The van der Waals surface area contributed by atoms with Gasteiger partial charge in [0.1, 0.15) is 0 Å². The van der Waals surface area contributed by atoms with Gasteiger partial charge >= 0.3 is 0 Å². The van der Waals surface area contributed by atoms with Gasteiger partial charge in [-0.1, -0.05) is 0 Å². The Hall–Kier alpha value is -2.80. The maximum Gasteiger partial charge on any atom is 0.231 e. The molecule has 1 amide bonds. The third-order valence-corrected chi connectivity index (χ3v) is 5.76. The number of carbonyl (C=O) groups is 1. The summed E-state index contributed by atoms with van der Waals surface area (Å²) >= 11 is 1.46. The molecule has 5 rings (SSSR count). The first-order valence-corrected chi connectivity index (χ1v) is 9.84. The van der Waals surface area contributed by atoms with Crippen LogP contribution in [-0.4, -0.2) is 22.3 Å². The van der Waals surface area contributed by atoms with Gasteiger partial charge in [-0.2, -0.15) is 0 Å². The van der Waals surface area contributed by atoms with E-state index in [0.29, 0.717) is 5.13 Å². The highest BCUT2D eigenvalue weighted by Crippen LogP contribution is 2.37. The molecule has 0 unspecified atom stereocenters. The van der Waals surface area contributed by atoms with Gasteiger partial charge in [0, 0.05) is 40.0 Å². The van der Waals surface area contributed by atoms with E-state index in [9.17, 15) is 4.79 Å². The van der Waals surface area contributed by atoms with Gasteiger partial charge in [-0.25, -0.2) is 4.98 Å². The first-order valence-electron chi connectivity index (χ1n) is 8.96. The van der Waals surface area contributed by atoms with Crippen LogP contribution in [0.2, 0.25) is 0 Å². The van der Waals surface area contributed by atoms with Crippen LogP contribution in [0.1, 0.15) is 24.2 Å². The van der Waals surface area contributed by atoms with Crippen molar-refractivity contribution >= 4 is 22.4 Å². The Morgan fingerprint density at radius 2 is 2.04 bits per heavy atom. The summed E-state index contributed by atoms with van der Waals surface area (Å²) in [5.74, 6) is 1.80. The molecule has 3 aromatic rings. The van der Waals surface area contributed by atoms with Crippen LogP contribution < -0.4 is 14.8 Å². The van der Waals surface area contributed by atoms with Crippen molar-refractivity contribution in [2.75, 3.05) is 12.1 Å². The van der Waals surface area contributed by atoms with E-state index in [4.69, 9.17) is 9.47 Å². The molecular formula is C20H19N3O3S. The van der Waals surface area contributed by atoms with E-state index >= 15 is 0 Å². The van der Waals surface area contributed by atoms with Gasteiger partial charge in [-0.15, -0.1) is 11.3 Å². The first-order chi connectivity index (χ1) is 13.1. The second-order valence-electron chi connectivity index (χ2n) is 6.96. The number of aromatic nitrogens is 2. The number of anilines is 1. The number of hydrogen-bond donors (Lipinski definition) is 1. The molecule has 1 fully saturated rings. The molecule has 0 bridgehead atoms. The highest BCUT2D eigenvalue weighted by atomic mass is 32.1. The molecule has 2 aliphatic rings. The quantitative estimate of drug-likeness (QED) is 0.732. The minimum Gasteiger partial charge on any atom is -0.454 e. The summed E-state index contributed by atoms with van der Waals surface area (Å²) in [5.41, 5.74) is 5.17. The Balaban J connectivity index is 1.47. The maximum atomic E-state index is 12.0. The summed E-state index contributed by atoms with van der Waals surface area (Å²) in [4.78, 5) is 16.6. The van der Waals surface area contributed by atoms with Gasteiger partial charge < -0.3 is 19.4 Å². The molecule has 0 spiro atoms. The third-order valence-electron chi connectivity index (χ3n) is 5.00. The van der Waals surface area contributed by atoms with E-state index in [2.05, 4.69) is 34.8 Å². The minimum absolute atomic E-state index is 0.0849. The maximum absolute atomic E-state index is 12.0. The van der Waals surface area contributed by atoms with Crippen LogP contribution >= 0.6 is 11.3 Å². The normalized spacial score (nSPS) is 15.2. The number of amides is 1. The summed E-state index contributed by atoms with van der Waals surface area (Å²) in [6.07, 6.45) is 1.97. The monoisotopic (exact) mass is 381 g/mol. The molecule has 1 aromatic carbocycles. The van der Waals surface area contributed by atoms with E-state index in [1.54, 1.807) is 0 Å². The van der Waals surface area contributed by atoms with E-state index in [-0.39, 0.29) is 18.6 Å². The lowest BCUT2D eigenvalue weighted by molar-refractivity contribution is -0.117. The van der Waals surface area contributed by atoms with Gasteiger partial charge in [-0.05, 0) is 44.9 Å². The van der Waals surface area contributed by atoms with Gasteiger partial charge in [0.05, 0.1) is 5.69 Å². The fourth-order valence-electron chi connectivity index (χ4n) is 3.45. The van der Waals surface area contributed by atoms with Crippen molar-refractivity contribution in [2.45, 2.75) is 26.7 Å². The number of hydrogen-bond acceptors (Lipinski definition) is 5. The van der Waals surface area contributed by atoms with Gasteiger partial charge in [0.25, 0.3) is 0 Å². The van der Waals surface area contributed by atoms with Crippen LogP contribution in [-0.2, 0) is 4.79 Å². The Morgan fingerprint density at radius 3 is 2.85 bits per heavy atom. The lowest BCUT2D eigenvalue weighted by Crippen LogP contribution is -2.12. The van der Waals surface area contributed by atoms with Crippen LogP contribution in [0.25, 0.3) is 16.9 Å². The molecule has 2 aromatic heterocycles. The lowest BCUT2D eigenvalue weighted by Gasteiger charge is -2.10. The zero-order valence-electron chi connectivity index (χ0n) is 15.1. The van der Waals surface area contributed by atoms with Gasteiger partial charge in [0.15, 0.2) is 16.6 Å². The van der Waals surface area contributed by atoms with Crippen LogP contribution in [0, 0.1) is 19.8 Å². The minimum atomic E-state index is 0.0849. The molecule has 1 N–H and O–H groups in total. The largest absolute Gasteiger partial charge is 0.454 e. The van der Waals surface area contributed by atoms with Crippen LogP contribution in [0.3, 0.4) is 0 Å². The van der Waals surface area contributed by atoms with Crippen molar-refractivity contribution in [1.82, 2.24) is 9.55 Å². The fourth-order valence-corrected chi connectivity index (χ4v) is 4.17. The highest BCUT2D eigenvalue weighted by molar-refractivity contribution is 7.14. The average Bonchev–Trinajstić information content (AvgIpc) is 3.10. The van der Waals surface area contributed by atoms with E-state index in [0.717, 1.165) is 52.7 Å². The molecule has 0 atom stereocenters. The molecule has 138 valence electrons. The van der Waals surface area contributed by atoms with Crippen molar-refractivity contribution in [3.05, 3.63) is 41.0 Å². The zero-order chi connectivity index (χ0) is 18.5. The van der Waals surface area contributed by atoms with Crippen LogP contribution in [0.5, 0.6) is 11.5 Å². The van der Waals surface area contributed by atoms with E-state index in [1.165, 1.54) is 11.3 Å². The lowest BCUT2D eigenvalue weighted by atomic mass is 10.2. The standard InChI is InChI=1S/C20H19N3O3S/c1-11-7-15(16-9-27-20(21-16)22-19(24)13-3-4-13)12(2)23(11)14-5-6-17-18(8-14)26-10-25-17/h5-9,13H,3-4,10H2,1-2H3,(H,21,22,24). The summed E-state index contributed by atoms with van der Waals surface area (Å²) in [6, 6.07) is 8.08. The molecular weight excluding hydrogens is 362 g/mol. The summed E-state index contributed by atoms with van der Waals surface area (Å²) in [7, 11) is 0. The summed E-state index contributed by atoms with van der Waals surface area (Å²) < 4.78 is 13.1. The zero-order valence-corrected chi connectivity index (χ0v) is 15.9. The molecule has 1 aliphatic heterocycles. The fraction of sp³-hybridized carbons (Fsp3) is 0.300. The predicted octanol–water partition coefficient (Wildman–Crippen LogP) is 4.29. The molecule has 0 radical (unpaired) electrons. The molecule has 7 heteroatoms. The Morgan fingerprint density at radius 1 is 1.22 bits per heavy atom. The number of carbonyl (C=O) groups excluding carboxylic acids is 1. The van der Waals surface area contributed by atoms with Crippen molar-refractivity contribution in [3.8, 4) is 28.4 Å². The van der Waals surface area contributed by atoms with Crippen LogP contribution in [0.15, 0.2) is 29.6 Å². The molecule has 6 nitrogen and oxygen atoms in total. The Labute approximate surface area is 160 Å². The van der Waals surface area contributed by atoms with E-state index < -0.39 is 0 Å². The SMILES string of the molecule is Cc1cc(-c2csc(NC(=O)C3CC3)n2)c(C)n1-c1ccc2c(c1)OCO2. The number of ether oxygens (including phenoxy) is 2. The van der Waals surface area contributed by atoms with Crippen LogP contribution in [0.4, 0.5) is 5.13 Å². The average molecular weight is 381 g/mol. The second-order valence-corrected chi connectivity index (χ2v) is 7.82.